The Bertz CT molecular complexity index is 591. The number of rotatable bonds is 3. The molecule has 1 aromatic heterocycles. The molecule has 92 valence electrons. The molecule has 0 saturated heterocycles. The first-order valence-corrected chi connectivity index (χ1v) is 5.27. The molecule has 1 heterocycles. The number of carbonyl (C=O) groups is 1. The van der Waals surface area contributed by atoms with Gasteiger partial charge in [-0.1, -0.05) is 6.07 Å². The summed E-state index contributed by atoms with van der Waals surface area (Å²) in [5.41, 5.74) is 1.18. The molecule has 6 heteroatoms. The number of nitro benzene ring substituents is 1. The van der Waals surface area contributed by atoms with E-state index in [1.54, 1.807) is 31.3 Å². The first-order valence-electron chi connectivity index (χ1n) is 5.27. The highest BCUT2D eigenvalue weighted by molar-refractivity contribution is 6.04. The third-order valence-electron chi connectivity index (χ3n) is 2.44. The summed E-state index contributed by atoms with van der Waals surface area (Å²) in [6.07, 6.45) is 1.61. The minimum absolute atomic E-state index is 0.116. The van der Waals surface area contributed by atoms with Gasteiger partial charge < -0.3 is 10.3 Å². The lowest BCUT2D eigenvalue weighted by Gasteiger charge is -2.05. The number of benzene rings is 1. The lowest BCUT2D eigenvalue weighted by atomic mass is 10.2. The molecule has 0 radical (unpaired) electrons. The number of amides is 1. The van der Waals surface area contributed by atoms with Crippen molar-refractivity contribution in [1.29, 1.82) is 0 Å². The van der Waals surface area contributed by atoms with E-state index in [1.165, 1.54) is 12.1 Å². The molecule has 0 fully saturated rings. The molecule has 2 N–H and O–H groups in total. The predicted octanol–water partition coefficient (Wildman–Crippen LogP) is 2.48. The molecule has 0 aliphatic heterocycles. The third-order valence-corrected chi connectivity index (χ3v) is 2.44. The van der Waals surface area contributed by atoms with Crippen LogP contribution in [-0.4, -0.2) is 15.8 Å². The monoisotopic (exact) mass is 245 g/mol. The fourth-order valence-electron chi connectivity index (χ4n) is 1.56. The van der Waals surface area contributed by atoms with Crippen LogP contribution >= 0.6 is 0 Å². The minimum Gasteiger partial charge on any atom is -0.357 e. The number of nitrogens with zero attached hydrogens (tertiary/aromatic N) is 1. The number of nitrogens with one attached hydrogen (secondary N) is 2. The second kappa shape index (κ2) is 4.70. The summed E-state index contributed by atoms with van der Waals surface area (Å²) in [7, 11) is 0. The summed E-state index contributed by atoms with van der Waals surface area (Å²) in [4.78, 5) is 24.9. The topological polar surface area (TPSA) is 88.0 Å². The van der Waals surface area contributed by atoms with Gasteiger partial charge in [-0.25, -0.2) is 0 Å². The SMILES string of the molecule is Cc1ccc(NC(=O)c2ccc[nH]2)c([N+](=O)[O-])c1. The van der Waals surface area contributed by atoms with Gasteiger partial charge in [-0.05, 0) is 30.7 Å². The van der Waals surface area contributed by atoms with Crippen molar-refractivity contribution in [3.8, 4) is 0 Å². The third kappa shape index (κ3) is 2.37. The van der Waals surface area contributed by atoms with Crippen molar-refractivity contribution in [3.05, 3.63) is 57.9 Å². The van der Waals surface area contributed by atoms with Crippen LogP contribution in [0.4, 0.5) is 11.4 Å². The quantitative estimate of drug-likeness (QED) is 0.643. The number of hydrogen-bond acceptors (Lipinski definition) is 3. The maximum absolute atomic E-state index is 11.8. The van der Waals surface area contributed by atoms with E-state index in [9.17, 15) is 14.9 Å². The lowest BCUT2D eigenvalue weighted by molar-refractivity contribution is -0.384. The van der Waals surface area contributed by atoms with Crippen LogP contribution in [0.5, 0.6) is 0 Å². The van der Waals surface area contributed by atoms with Crippen LogP contribution in [0.15, 0.2) is 36.5 Å². The average Bonchev–Trinajstić information content (AvgIpc) is 2.84. The smallest absolute Gasteiger partial charge is 0.293 e. The number of hydrogen-bond donors (Lipinski definition) is 2. The predicted molar refractivity (Wildman–Crippen MR) is 66.6 cm³/mol. The highest BCUT2D eigenvalue weighted by atomic mass is 16.6. The second-order valence-corrected chi connectivity index (χ2v) is 3.82. The number of aryl methyl sites for hydroxylation is 1. The summed E-state index contributed by atoms with van der Waals surface area (Å²) in [5, 5.41) is 13.4. The van der Waals surface area contributed by atoms with Gasteiger partial charge in [0.05, 0.1) is 4.92 Å². The van der Waals surface area contributed by atoms with Crippen molar-refractivity contribution >= 4 is 17.3 Å². The Morgan fingerprint density at radius 2 is 2.17 bits per heavy atom. The fraction of sp³-hybridized carbons (Fsp3) is 0.0833. The Kier molecular flexibility index (Phi) is 3.09. The van der Waals surface area contributed by atoms with Crippen LogP contribution in [-0.2, 0) is 0 Å². The number of aromatic nitrogens is 1. The van der Waals surface area contributed by atoms with Gasteiger partial charge in [0.15, 0.2) is 0 Å². The van der Waals surface area contributed by atoms with E-state index in [2.05, 4.69) is 10.3 Å². The standard InChI is InChI=1S/C12H11N3O3/c1-8-4-5-9(11(7-8)15(17)18)14-12(16)10-3-2-6-13-10/h2-7,13H,1H3,(H,14,16). The fourth-order valence-corrected chi connectivity index (χ4v) is 1.56. The zero-order valence-corrected chi connectivity index (χ0v) is 9.64. The van der Waals surface area contributed by atoms with E-state index in [4.69, 9.17) is 0 Å². The van der Waals surface area contributed by atoms with Gasteiger partial charge in [-0.3, -0.25) is 14.9 Å². The summed E-state index contributed by atoms with van der Waals surface area (Å²) in [6, 6.07) is 7.92. The Balaban J connectivity index is 2.29. The van der Waals surface area contributed by atoms with E-state index in [0.29, 0.717) is 5.69 Å². The van der Waals surface area contributed by atoms with Gasteiger partial charge in [0.2, 0.25) is 0 Å². The molecule has 0 aliphatic rings. The summed E-state index contributed by atoms with van der Waals surface area (Å²) in [6.45, 7) is 1.75. The highest BCUT2D eigenvalue weighted by Gasteiger charge is 2.16. The molecule has 0 saturated carbocycles. The molecule has 0 spiro atoms. The summed E-state index contributed by atoms with van der Waals surface area (Å²) >= 11 is 0. The number of carbonyl (C=O) groups excluding carboxylic acids is 1. The second-order valence-electron chi connectivity index (χ2n) is 3.82. The number of nitro groups is 1. The van der Waals surface area contributed by atoms with Crippen LogP contribution in [0, 0.1) is 17.0 Å². The molecular weight excluding hydrogens is 234 g/mol. The van der Waals surface area contributed by atoms with Crippen LogP contribution in [0.25, 0.3) is 0 Å². The van der Waals surface area contributed by atoms with E-state index >= 15 is 0 Å². The van der Waals surface area contributed by atoms with E-state index in [-0.39, 0.29) is 11.4 Å². The van der Waals surface area contributed by atoms with Gasteiger partial charge in [-0.15, -0.1) is 0 Å². The van der Waals surface area contributed by atoms with E-state index < -0.39 is 10.8 Å². The van der Waals surface area contributed by atoms with Crippen LogP contribution in [0.1, 0.15) is 16.1 Å². The molecule has 2 rings (SSSR count). The Labute approximate surface area is 103 Å². The molecule has 0 bridgehead atoms. The van der Waals surface area contributed by atoms with E-state index in [0.717, 1.165) is 5.56 Å². The zero-order valence-electron chi connectivity index (χ0n) is 9.64. The molecular formula is C12H11N3O3. The number of H-pyrrole nitrogens is 1. The van der Waals surface area contributed by atoms with Gasteiger partial charge in [-0.2, -0.15) is 0 Å². The molecule has 1 amide bonds. The molecule has 1 aromatic carbocycles. The number of aromatic amines is 1. The first-order chi connectivity index (χ1) is 8.58. The normalized spacial score (nSPS) is 10.1. The Morgan fingerprint density at radius 1 is 1.39 bits per heavy atom. The van der Waals surface area contributed by atoms with Gasteiger partial charge in [0.1, 0.15) is 11.4 Å². The largest absolute Gasteiger partial charge is 0.357 e. The first kappa shape index (κ1) is 11.8. The molecule has 0 atom stereocenters. The minimum atomic E-state index is -0.517. The van der Waals surface area contributed by atoms with Crippen molar-refractivity contribution < 1.29 is 9.72 Å². The Morgan fingerprint density at radius 3 is 2.78 bits per heavy atom. The Hall–Kier alpha value is -2.63. The van der Waals surface area contributed by atoms with Gasteiger partial charge in [0.25, 0.3) is 11.6 Å². The molecule has 2 aromatic rings. The average molecular weight is 245 g/mol. The molecule has 0 unspecified atom stereocenters. The van der Waals surface area contributed by atoms with Crippen molar-refractivity contribution in [1.82, 2.24) is 4.98 Å². The van der Waals surface area contributed by atoms with Crippen LogP contribution in [0.2, 0.25) is 0 Å². The van der Waals surface area contributed by atoms with Crippen molar-refractivity contribution in [2.24, 2.45) is 0 Å². The summed E-state index contributed by atoms with van der Waals surface area (Å²) < 4.78 is 0. The summed E-state index contributed by atoms with van der Waals surface area (Å²) in [5.74, 6) is -0.410. The maximum atomic E-state index is 11.8. The molecule has 0 aliphatic carbocycles. The van der Waals surface area contributed by atoms with Crippen molar-refractivity contribution in [3.63, 3.8) is 0 Å². The zero-order chi connectivity index (χ0) is 13.1. The number of anilines is 1. The van der Waals surface area contributed by atoms with Crippen LogP contribution in [0.3, 0.4) is 0 Å². The van der Waals surface area contributed by atoms with Gasteiger partial charge >= 0.3 is 0 Å². The van der Waals surface area contributed by atoms with E-state index in [1.807, 2.05) is 0 Å². The van der Waals surface area contributed by atoms with Gasteiger partial charge in [0, 0.05) is 12.3 Å². The molecule has 6 nitrogen and oxygen atoms in total. The molecule has 18 heavy (non-hydrogen) atoms. The highest BCUT2D eigenvalue weighted by Crippen LogP contribution is 2.25. The van der Waals surface area contributed by atoms with Crippen molar-refractivity contribution in [2.75, 3.05) is 5.32 Å². The van der Waals surface area contributed by atoms with Crippen molar-refractivity contribution in [2.45, 2.75) is 6.92 Å². The lowest BCUT2D eigenvalue weighted by Crippen LogP contribution is -2.13. The van der Waals surface area contributed by atoms with Crippen LogP contribution < -0.4 is 5.32 Å². The maximum Gasteiger partial charge on any atom is 0.293 e.